The second-order valence-corrected chi connectivity index (χ2v) is 2.40. The zero-order valence-corrected chi connectivity index (χ0v) is 6.86. The number of aromatic carboxylic acids is 1. The molecular formula is C7H4N5O2-. The first-order valence-corrected chi connectivity index (χ1v) is 3.67. The maximum absolute atomic E-state index is 10.4. The molecule has 0 saturated heterocycles. The minimum Gasteiger partial charge on any atom is -0.543 e. The van der Waals surface area contributed by atoms with Crippen molar-refractivity contribution in [3.63, 3.8) is 0 Å². The van der Waals surface area contributed by atoms with Crippen LogP contribution < -0.4 is 5.11 Å². The monoisotopic (exact) mass is 190 g/mol. The topological polar surface area (TPSA) is 96.6 Å². The molecule has 0 aliphatic carbocycles. The highest BCUT2D eigenvalue weighted by Gasteiger charge is 2.02. The van der Waals surface area contributed by atoms with Gasteiger partial charge < -0.3 is 9.90 Å². The summed E-state index contributed by atoms with van der Waals surface area (Å²) in [6, 6.07) is 0. The van der Waals surface area contributed by atoms with Gasteiger partial charge in [0.25, 0.3) is 5.95 Å². The molecule has 0 saturated carbocycles. The van der Waals surface area contributed by atoms with Crippen molar-refractivity contribution in [1.29, 1.82) is 0 Å². The molecule has 0 aliphatic heterocycles. The van der Waals surface area contributed by atoms with Crippen LogP contribution in [-0.4, -0.2) is 30.7 Å². The Labute approximate surface area is 78.1 Å². The predicted molar refractivity (Wildman–Crippen MR) is 41.3 cm³/mol. The third-order valence-electron chi connectivity index (χ3n) is 1.49. The molecule has 2 aromatic rings. The maximum Gasteiger partial charge on any atom is 0.254 e. The Hall–Kier alpha value is -2.31. The van der Waals surface area contributed by atoms with Crippen LogP contribution in [-0.2, 0) is 0 Å². The van der Waals surface area contributed by atoms with E-state index >= 15 is 0 Å². The van der Waals surface area contributed by atoms with Gasteiger partial charge in [0.15, 0.2) is 0 Å². The van der Waals surface area contributed by atoms with Crippen LogP contribution in [0.15, 0.2) is 24.9 Å². The molecule has 0 spiro atoms. The third kappa shape index (κ3) is 1.42. The van der Waals surface area contributed by atoms with Crippen LogP contribution in [0, 0.1) is 0 Å². The molecule has 0 aromatic carbocycles. The number of rotatable bonds is 2. The Morgan fingerprint density at radius 2 is 2.21 bits per heavy atom. The molecule has 70 valence electrons. The number of carbonyl (C=O) groups excluding carboxylic acids is 1. The quantitative estimate of drug-likeness (QED) is 0.567. The van der Waals surface area contributed by atoms with E-state index in [1.54, 1.807) is 0 Å². The van der Waals surface area contributed by atoms with Crippen molar-refractivity contribution >= 4 is 5.97 Å². The Bertz CT molecular complexity index is 452. The summed E-state index contributed by atoms with van der Waals surface area (Å²) in [6.07, 6.45) is 5.40. The summed E-state index contributed by atoms with van der Waals surface area (Å²) in [5.74, 6) is -1.08. The van der Waals surface area contributed by atoms with Gasteiger partial charge in [0.2, 0.25) is 0 Å². The van der Waals surface area contributed by atoms with Crippen LogP contribution in [0.3, 0.4) is 0 Å². The lowest BCUT2D eigenvalue weighted by Crippen LogP contribution is -2.22. The summed E-state index contributed by atoms with van der Waals surface area (Å²) in [4.78, 5) is 17.8. The van der Waals surface area contributed by atoms with Crippen molar-refractivity contribution in [3.05, 3.63) is 30.6 Å². The van der Waals surface area contributed by atoms with Gasteiger partial charge in [-0.15, -0.1) is 5.10 Å². The van der Waals surface area contributed by atoms with E-state index in [1.165, 1.54) is 29.5 Å². The van der Waals surface area contributed by atoms with Crippen molar-refractivity contribution in [2.24, 2.45) is 0 Å². The average molecular weight is 190 g/mol. The van der Waals surface area contributed by atoms with Gasteiger partial charge in [-0.05, 0) is 0 Å². The van der Waals surface area contributed by atoms with E-state index in [4.69, 9.17) is 0 Å². The standard InChI is InChI=1S/C7H5N5O2/c13-6(14)5-3-12(4-9-5)7-8-1-2-10-11-7/h1-4H,(H,13,14)/p-1. The Balaban J connectivity index is 2.39. The predicted octanol–water partition coefficient (Wildman–Crippen LogP) is -1.58. The van der Waals surface area contributed by atoms with Gasteiger partial charge in [0, 0.05) is 6.20 Å². The van der Waals surface area contributed by atoms with Crippen LogP contribution in [0.1, 0.15) is 10.5 Å². The highest BCUT2D eigenvalue weighted by atomic mass is 16.4. The van der Waals surface area contributed by atoms with Gasteiger partial charge in [-0.25, -0.2) is 9.97 Å². The molecule has 2 heterocycles. The Morgan fingerprint density at radius 1 is 1.36 bits per heavy atom. The molecule has 7 nitrogen and oxygen atoms in total. The van der Waals surface area contributed by atoms with Crippen LogP contribution in [0.25, 0.3) is 5.95 Å². The molecule has 0 aliphatic rings. The molecule has 14 heavy (non-hydrogen) atoms. The van der Waals surface area contributed by atoms with Crippen molar-refractivity contribution in [2.45, 2.75) is 0 Å². The third-order valence-corrected chi connectivity index (χ3v) is 1.49. The molecule has 0 N–H and O–H groups in total. The van der Waals surface area contributed by atoms with Crippen LogP contribution in [0.4, 0.5) is 0 Å². The van der Waals surface area contributed by atoms with E-state index in [2.05, 4.69) is 20.2 Å². The Kier molecular flexibility index (Phi) is 1.90. The first-order chi connectivity index (χ1) is 6.77. The number of carbonyl (C=O) groups is 1. The first-order valence-electron chi connectivity index (χ1n) is 3.67. The summed E-state index contributed by atoms with van der Waals surface area (Å²) in [6.45, 7) is 0. The van der Waals surface area contributed by atoms with Crippen LogP contribution >= 0.6 is 0 Å². The summed E-state index contributed by atoms with van der Waals surface area (Å²) >= 11 is 0. The summed E-state index contributed by atoms with van der Waals surface area (Å²) in [7, 11) is 0. The van der Waals surface area contributed by atoms with Crippen LogP contribution in [0.5, 0.6) is 0 Å². The smallest absolute Gasteiger partial charge is 0.254 e. The number of imidazole rings is 1. The van der Waals surface area contributed by atoms with Gasteiger partial charge in [0.1, 0.15) is 12.0 Å². The highest BCUT2D eigenvalue weighted by Crippen LogP contribution is 1.99. The van der Waals surface area contributed by atoms with E-state index in [-0.39, 0.29) is 11.6 Å². The number of hydrogen-bond donors (Lipinski definition) is 0. The number of carboxylic acid groups (broad SMARTS) is 1. The van der Waals surface area contributed by atoms with Gasteiger partial charge in [-0.2, -0.15) is 5.10 Å². The zero-order valence-electron chi connectivity index (χ0n) is 6.86. The summed E-state index contributed by atoms with van der Waals surface area (Å²) in [5.41, 5.74) is -0.169. The zero-order chi connectivity index (χ0) is 9.97. The highest BCUT2D eigenvalue weighted by molar-refractivity contribution is 5.83. The summed E-state index contributed by atoms with van der Waals surface area (Å²) < 4.78 is 1.35. The molecular weight excluding hydrogens is 186 g/mol. The maximum atomic E-state index is 10.4. The molecule has 2 aromatic heterocycles. The van der Waals surface area contributed by atoms with Crippen molar-refractivity contribution in [2.75, 3.05) is 0 Å². The van der Waals surface area contributed by atoms with Crippen molar-refractivity contribution < 1.29 is 9.90 Å². The molecule has 0 atom stereocenters. The number of nitrogens with zero attached hydrogens (tertiary/aromatic N) is 5. The van der Waals surface area contributed by atoms with E-state index in [0.29, 0.717) is 0 Å². The fourth-order valence-electron chi connectivity index (χ4n) is 0.897. The fraction of sp³-hybridized carbons (Fsp3) is 0. The molecule has 0 amide bonds. The lowest BCUT2D eigenvalue weighted by atomic mass is 10.5. The van der Waals surface area contributed by atoms with E-state index in [9.17, 15) is 9.90 Å². The molecule has 7 heteroatoms. The number of aromatic nitrogens is 5. The average Bonchev–Trinajstić information content (AvgIpc) is 2.68. The summed E-state index contributed by atoms with van der Waals surface area (Å²) in [5, 5.41) is 17.7. The van der Waals surface area contributed by atoms with E-state index in [0.717, 1.165) is 0 Å². The van der Waals surface area contributed by atoms with Gasteiger partial charge in [-0.1, -0.05) is 0 Å². The second kappa shape index (κ2) is 3.21. The SMILES string of the molecule is O=C([O-])c1cn(-c2nccnn2)cn1. The van der Waals surface area contributed by atoms with E-state index in [1.807, 2.05) is 0 Å². The van der Waals surface area contributed by atoms with Gasteiger partial charge >= 0.3 is 0 Å². The van der Waals surface area contributed by atoms with Crippen molar-refractivity contribution in [1.82, 2.24) is 24.7 Å². The molecule has 0 unspecified atom stereocenters. The minimum absolute atomic E-state index is 0.169. The van der Waals surface area contributed by atoms with Crippen molar-refractivity contribution in [3.8, 4) is 5.95 Å². The molecule has 0 bridgehead atoms. The van der Waals surface area contributed by atoms with E-state index < -0.39 is 5.97 Å². The molecule has 2 rings (SSSR count). The molecule has 0 radical (unpaired) electrons. The second-order valence-electron chi connectivity index (χ2n) is 2.40. The minimum atomic E-state index is -1.34. The normalized spacial score (nSPS) is 10.0. The van der Waals surface area contributed by atoms with Crippen LogP contribution in [0.2, 0.25) is 0 Å². The number of hydrogen-bond acceptors (Lipinski definition) is 6. The number of carboxylic acids is 1. The van der Waals surface area contributed by atoms with Gasteiger partial charge in [-0.3, -0.25) is 4.57 Å². The largest absolute Gasteiger partial charge is 0.543 e. The molecule has 0 fully saturated rings. The van der Waals surface area contributed by atoms with Gasteiger partial charge in [0.05, 0.1) is 18.4 Å². The lowest BCUT2D eigenvalue weighted by Gasteiger charge is -1.96. The lowest BCUT2D eigenvalue weighted by molar-refractivity contribution is -0.255. The fourth-order valence-corrected chi connectivity index (χ4v) is 0.897. The Morgan fingerprint density at radius 3 is 2.79 bits per heavy atom. The first kappa shape index (κ1) is 8.30.